The van der Waals surface area contributed by atoms with Crippen LogP contribution < -0.4 is 14.8 Å². The molecule has 0 saturated carbocycles. The van der Waals surface area contributed by atoms with E-state index in [2.05, 4.69) is 21.2 Å². The van der Waals surface area contributed by atoms with Crippen LogP contribution in [0.25, 0.3) is 0 Å². The van der Waals surface area contributed by atoms with E-state index in [1.54, 1.807) is 36.4 Å². The summed E-state index contributed by atoms with van der Waals surface area (Å²) >= 11 is 3.41. The topological polar surface area (TPSA) is 84.9 Å². The third kappa shape index (κ3) is 3.47. The third-order valence-electron chi connectivity index (χ3n) is 4.57. The van der Waals surface area contributed by atoms with Crippen LogP contribution >= 0.6 is 15.9 Å². The molecule has 0 saturated heterocycles. The summed E-state index contributed by atoms with van der Waals surface area (Å²) in [5.41, 5.74) is 1.41. The second kappa shape index (κ2) is 7.63. The zero-order chi connectivity index (χ0) is 19.7. The molecule has 2 aliphatic heterocycles. The van der Waals surface area contributed by atoms with Gasteiger partial charge in [0.15, 0.2) is 11.5 Å². The molecule has 7 nitrogen and oxygen atoms in total. The van der Waals surface area contributed by atoms with E-state index in [0.717, 1.165) is 0 Å². The predicted molar refractivity (Wildman–Crippen MR) is 105 cm³/mol. The number of hydrogen-bond acceptors (Lipinski definition) is 5. The van der Waals surface area contributed by atoms with Gasteiger partial charge in [-0.05, 0) is 34.5 Å². The standard InChI is InChI=1S/C20H17BrN2O5/c21-14-10-16-17(28-9-8-27-16)11-15(14)22-18(24)6-3-7-23-19(25)12-4-1-2-5-13(12)20(23)26/h1-2,4-5,10-11H,3,6-9H2,(H,22,24). The first-order valence-corrected chi connectivity index (χ1v) is 9.68. The maximum absolute atomic E-state index is 12.3. The number of carbonyl (C=O) groups is 3. The highest BCUT2D eigenvalue weighted by Gasteiger charge is 2.34. The molecular weight excluding hydrogens is 428 g/mol. The fourth-order valence-corrected chi connectivity index (χ4v) is 3.63. The van der Waals surface area contributed by atoms with Gasteiger partial charge in [-0.2, -0.15) is 0 Å². The highest BCUT2D eigenvalue weighted by atomic mass is 79.9. The fraction of sp³-hybridized carbons (Fsp3) is 0.250. The van der Waals surface area contributed by atoms with Gasteiger partial charge in [-0.3, -0.25) is 19.3 Å². The number of anilines is 1. The first-order valence-electron chi connectivity index (χ1n) is 8.89. The summed E-state index contributed by atoms with van der Waals surface area (Å²) in [7, 11) is 0. The van der Waals surface area contributed by atoms with Crippen molar-refractivity contribution in [3.8, 4) is 11.5 Å². The zero-order valence-corrected chi connectivity index (χ0v) is 16.5. The largest absolute Gasteiger partial charge is 0.486 e. The van der Waals surface area contributed by atoms with Gasteiger partial charge in [-0.15, -0.1) is 0 Å². The molecule has 2 heterocycles. The maximum atomic E-state index is 12.3. The van der Waals surface area contributed by atoms with Crippen molar-refractivity contribution >= 4 is 39.3 Å². The van der Waals surface area contributed by atoms with E-state index < -0.39 is 0 Å². The van der Waals surface area contributed by atoms with Crippen molar-refractivity contribution in [1.82, 2.24) is 4.90 Å². The molecular formula is C20H17BrN2O5. The van der Waals surface area contributed by atoms with Crippen LogP contribution in [0.4, 0.5) is 5.69 Å². The minimum atomic E-state index is -0.310. The number of ether oxygens (including phenoxy) is 2. The van der Waals surface area contributed by atoms with Crippen molar-refractivity contribution in [2.45, 2.75) is 12.8 Å². The molecule has 0 aliphatic carbocycles. The van der Waals surface area contributed by atoms with Crippen molar-refractivity contribution in [2.75, 3.05) is 25.1 Å². The van der Waals surface area contributed by atoms with Crippen molar-refractivity contribution in [2.24, 2.45) is 0 Å². The van der Waals surface area contributed by atoms with Crippen molar-refractivity contribution < 1.29 is 23.9 Å². The molecule has 2 aliphatic rings. The number of benzene rings is 2. The van der Waals surface area contributed by atoms with Gasteiger partial charge in [0.1, 0.15) is 13.2 Å². The summed E-state index contributed by atoms with van der Waals surface area (Å²) < 4.78 is 11.7. The maximum Gasteiger partial charge on any atom is 0.261 e. The number of rotatable bonds is 5. The van der Waals surface area contributed by atoms with Crippen LogP contribution in [0.1, 0.15) is 33.6 Å². The molecule has 0 unspecified atom stereocenters. The zero-order valence-electron chi connectivity index (χ0n) is 14.9. The number of imide groups is 1. The summed E-state index contributed by atoms with van der Waals surface area (Å²) in [6.07, 6.45) is 0.549. The SMILES string of the molecule is O=C(CCCN1C(=O)c2ccccc2C1=O)Nc1cc2c(cc1Br)OCCO2. The van der Waals surface area contributed by atoms with E-state index in [9.17, 15) is 14.4 Å². The summed E-state index contributed by atoms with van der Waals surface area (Å²) in [5, 5.41) is 2.82. The Morgan fingerprint density at radius 1 is 1.04 bits per heavy atom. The van der Waals surface area contributed by atoms with Crippen LogP contribution in [-0.4, -0.2) is 42.4 Å². The van der Waals surface area contributed by atoms with Crippen LogP contribution in [0.15, 0.2) is 40.9 Å². The number of fused-ring (bicyclic) bond motifs is 2. The first kappa shape index (κ1) is 18.5. The molecule has 2 aromatic rings. The predicted octanol–water partition coefficient (Wildman–Crippen LogP) is 3.24. The van der Waals surface area contributed by atoms with E-state index in [1.165, 1.54) is 4.90 Å². The quantitative estimate of drug-likeness (QED) is 0.715. The average molecular weight is 445 g/mol. The molecule has 144 valence electrons. The summed E-state index contributed by atoms with van der Waals surface area (Å²) in [6, 6.07) is 10.2. The Labute approximate surface area is 169 Å². The number of amides is 3. The molecule has 0 spiro atoms. The second-order valence-corrected chi connectivity index (χ2v) is 7.29. The van der Waals surface area contributed by atoms with Gasteiger partial charge in [0, 0.05) is 29.6 Å². The van der Waals surface area contributed by atoms with E-state index >= 15 is 0 Å². The Morgan fingerprint density at radius 2 is 1.64 bits per heavy atom. The van der Waals surface area contributed by atoms with E-state index in [1.807, 2.05) is 0 Å². The average Bonchev–Trinajstić information content (AvgIpc) is 2.94. The van der Waals surface area contributed by atoms with Crippen LogP contribution in [0.3, 0.4) is 0 Å². The van der Waals surface area contributed by atoms with E-state index in [4.69, 9.17) is 9.47 Å². The Morgan fingerprint density at radius 3 is 2.29 bits per heavy atom. The lowest BCUT2D eigenvalue weighted by Gasteiger charge is -2.20. The van der Waals surface area contributed by atoms with Crippen LogP contribution in [-0.2, 0) is 4.79 Å². The van der Waals surface area contributed by atoms with Gasteiger partial charge in [-0.25, -0.2) is 0 Å². The molecule has 0 atom stereocenters. The molecule has 3 amide bonds. The summed E-state index contributed by atoms with van der Waals surface area (Å²) in [4.78, 5) is 38.1. The highest BCUT2D eigenvalue weighted by Crippen LogP contribution is 2.38. The van der Waals surface area contributed by atoms with E-state index in [-0.39, 0.29) is 30.7 Å². The second-order valence-electron chi connectivity index (χ2n) is 6.43. The minimum absolute atomic E-state index is 0.175. The first-order chi connectivity index (χ1) is 13.5. The van der Waals surface area contributed by atoms with Gasteiger partial charge in [-0.1, -0.05) is 12.1 Å². The van der Waals surface area contributed by atoms with Gasteiger partial charge in [0.2, 0.25) is 5.91 Å². The van der Waals surface area contributed by atoms with Crippen LogP contribution in [0.5, 0.6) is 11.5 Å². The molecule has 2 aromatic carbocycles. The smallest absolute Gasteiger partial charge is 0.261 e. The van der Waals surface area contributed by atoms with Crippen molar-refractivity contribution in [3.05, 3.63) is 52.0 Å². The van der Waals surface area contributed by atoms with Gasteiger partial charge in [0.05, 0.1) is 16.8 Å². The molecule has 1 N–H and O–H groups in total. The number of nitrogens with one attached hydrogen (secondary N) is 1. The van der Waals surface area contributed by atoms with Gasteiger partial charge >= 0.3 is 0 Å². The Hall–Kier alpha value is -2.87. The van der Waals surface area contributed by atoms with Crippen molar-refractivity contribution in [3.63, 3.8) is 0 Å². The molecule has 28 heavy (non-hydrogen) atoms. The van der Waals surface area contributed by atoms with E-state index in [0.29, 0.717) is 52.4 Å². The molecule has 8 heteroatoms. The summed E-state index contributed by atoms with van der Waals surface area (Å²) in [5.74, 6) is 0.373. The van der Waals surface area contributed by atoms with Gasteiger partial charge < -0.3 is 14.8 Å². The highest BCUT2D eigenvalue weighted by molar-refractivity contribution is 9.10. The molecule has 0 aromatic heterocycles. The monoisotopic (exact) mass is 444 g/mol. The Bertz CT molecular complexity index is 940. The number of nitrogens with zero attached hydrogens (tertiary/aromatic N) is 1. The number of carbonyl (C=O) groups excluding carboxylic acids is 3. The van der Waals surface area contributed by atoms with Gasteiger partial charge in [0.25, 0.3) is 11.8 Å². The Balaban J connectivity index is 1.34. The summed E-state index contributed by atoms with van der Waals surface area (Å²) in [6.45, 7) is 1.15. The lowest BCUT2D eigenvalue weighted by atomic mass is 10.1. The molecule has 0 radical (unpaired) electrons. The molecule has 4 rings (SSSR count). The third-order valence-corrected chi connectivity index (χ3v) is 5.23. The Kier molecular flexibility index (Phi) is 5.04. The molecule has 0 bridgehead atoms. The normalized spacial score (nSPS) is 14.8. The lowest BCUT2D eigenvalue weighted by Crippen LogP contribution is -2.31. The minimum Gasteiger partial charge on any atom is -0.486 e. The number of hydrogen-bond donors (Lipinski definition) is 1. The lowest BCUT2D eigenvalue weighted by molar-refractivity contribution is -0.116. The van der Waals surface area contributed by atoms with Crippen molar-refractivity contribution in [1.29, 1.82) is 0 Å². The molecule has 0 fully saturated rings. The number of halogens is 1. The van der Waals surface area contributed by atoms with Crippen LogP contribution in [0, 0.1) is 0 Å². The van der Waals surface area contributed by atoms with Crippen LogP contribution in [0.2, 0.25) is 0 Å². The fourth-order valence-electron chi connectivity index (χ4n) is 3.21.